The van der Waals surface area contributed by atoms with Crippen LogP contribution in [-0.4, -0.2) is 16.1 Å². The molecule has 0 saturated heterocycles. The van der Waals surface area contributed by atoms with Crippen molar-refractivity contribution in [1.82, 2.24) is 4.98 Å². The van der Waals surface area contributed by atoms with E-state index >= 15 is 0 Å². The van der Waals surface area contributed by atoms with Gasteiger partial charge in [0, 0.05) is 5.56 Å². The van der Waals surface area contributed by atoms with Crippen LogP contribution >= 0.6 is 0 Å². The average Bonchev–Trinajstić information content (AvgIpc) is 3.32. The zero-order chi connectivity index (χ0) is 24.9. The van der Waals surface area contributed by atoms with Crippen LogP contribution in [0.15, 0.2) is 83.3 Å². The van der Waals surface area contributed by atoms with Crippen LogP contribution in [0, 0.1) is 0 Å². The summed E-state index contributed by atoms with van der Waals surface area (Å²) in [4.78, 5) is 16.5. The molecule has 4 aromatic rings. The van der Waals surface area contributed by atoms with Crippen molar-refractivity contribution >= 4 is 17.1 Å². The highest BCUT2D eigenvalue weighted by Crippen LogP contribution is 2.36. The highest BCUT2D eigenvalue weighted by atomic mass is 16.5. The molecule has 5 nitrogen and oxygen atoms in total. The molecule has 0 amide bonds. The molecule has 3 aromatic carbocycles. The van der Waals surface area contributed by atoms with Crippen LogP contribution in [0.2, 0.25) is 0 Å². The number of oxazole rings is 1. The summed E-state index contributed by atoms with van der Waals surface area (Å²) >= 11 is 0. The summed E-state index contributed by atoms with van der Waals surface area (Å²) in [5, 5.41) is 9.86. The fourth-order valence-electron chi connectivity index (χ4n) is 2.92. The highest BCUT2D eigenvalue weighted by molar-refractivity contribution is 5.81. The van der Waals surface area contributed by atoms with Gasteiger partial charge in [-0.25, -0.2) is 9.78 Å². The summed E-state index contributed by atoms with van der Waals surface area (Å²) in [6.07, 6.45) is 0. The molecule has 1 unspecified atom stereocenters. The summed E-state index contributed by atoms with van der Waals surface area (Å²) in [6, 6.07) is 23.4. The third kappa shape index (κ3) is 6.45. The SMILES string of the molecule is CC.CC.CC.CC(Oc1ccccc1-c1nc2ccccc2o1)(C(=O)O)c1ccccc1. The number of aliphatic carboxylic acids is 1. The van der Waals surface area contributed by atoms with Crippen LogP contribution in [0.1, 0.15) is 54.0 Å². The maximum absolute atomic E-state index is 12.1. The van der Waals surface area contributed by atoms with E-state index in [4.69, 9.17) is 9.15 Å². The van der Waals surface area contributed by atoms with E-state index in [1.54, 1.807) is 42.5 Å². The predicted octanol–water partition coefficient (Wildman–Crippen LogP) is 7.95. The van der Waals surface area contributed by atoms with Crippen molar-refractivity contribution in [3.05, 3.63) is 84.4 Å². The van der Waals surface area contributed by atoms with Gasteiger partial charge in [-0.15, -0.1) is 0 Å². The van der Waals surface area contributed by atoms with Crippen LogP contribution in [-0.2, 0) is 10.4 Å². The number of benzene rings is 3. The largest absolute Gasteiger partial charge is 0.478 e. The van der Waals surface area contributed by atoms with E-state index in [9.17, 15) is 9.90 Å². The zero-order valence-electron chi connectivity index (χ0n) is 20.6. The van der Waals surface area contributed by atoms with Crippen LogP contribution in [0.3, 0.4) is 0 Å². The number of fused-ring (bicyclic) bond motifs is 1. The van der Waals surface area contributed by atoms with Gasteiger partial charge < -0.3 is 14.3 Å². The first kappa shape index (κ1) is 27.4. The van der Waals surface area contributed by atoms with Gasteiger partial charge in [0.25, 0.3) is 0 Å². The number of ether oxygens (including phenoxy) is 1. The number of hydrogen-bond donors (Lipinski definition) is 1. The molecule has 0 aliphatic heterocycles. The minimum absolute atomic E-state index is 0.382. The minimum Gasteiger partial charge on any atom is -0.478 e. The van der Waals surface area contributed by atoms with Crippen molar-refractivity contribution in [3.63, 3.8) is 0 Å². The Hall–Kier alpha value is -3.60. The Kier molecular flexibility index (Phi) is 11.4. The third-order valence-electron chi connectivity index (χ3n) is 4.46. The number of carboxylic acids is 1. The molecule has 1 atom stereocenters. The Morgan fingerprint density at radius 2 is 1.36 bits per heavy atom. The summed E-state index contributed by atoms with van der Waals surface area (Å²) in [6.45, 7) is 13.5. The molecule has 0 aliphatic carbocycles. The van der Waals surface area contributed by atoms with Crippen molar-refractivity contribution in [2.75, 3.05) is 0 Å². The maximum atomic E-state index is 12.1. The number of para-hydroxylation sites is 3. The van der Waals surface area contributed by atoms with E-state index in [0.29, 0.717) is 28.4 Å². The highest BCUT2D eigenvalue weighted by Gasteiger charge is 2.38. The summed E-state index contributed by atoms with van der Waals surface area (Å²) in [5.74, 6) is -0.313. The van der Waals surface area contributed by atoms with E-state index in [1.807, 2.05) is 77.9 Å². The fraction of sp³-hybridized carbons (Fsp3) is 0.286. The van der Waals surface area contributed by atoms with Crippen molar-refractivity contribution in [2.45, 2.75) is 54.1 Å². The van der Waals surface area contributed by atoms with E-state index < -0.39 is 11.6 Å². The fourth-order valence-corrected chi connectivity index (χ4v) is 2.92. The lowest BCUT2D eigenvalue weighted by atomic mass is 9.95. The molecule has 0 bridgehead atoms. The zero-order valence-corrected chi connectivity index (χ0v) is 20.6. The number of hydrogen-bond acceptors (Lipinski definition) is 4. The Bertz CT molecular complexity index is 1070. The summed E-state index contributed by atoms with van der Waals surface area (Å²) in [7, 11) is 0. The molecule has 0 aliphatic rings. The molecule has 0 spiro atoms. The molecule has 0 radical (unpaired) electrons. The number of aromatic nitrogens is 1. The molecule has 33 heavy (non-hydrogen) atoms. The molecule has 0 fully saturated rings. The van der Waals surface area contributed by atoms with E-state index in [1.165, 1.54) is 6.92 Å². The van der Waals surface area contributed by atoms with Crippen molar-refractivity contribution in [2.24, 2.45) is 0 Å². The molecular formula is C28H35NO4. The first-order valence-electron chi connectivity index (χ1n) is 11.5. The monoisotopic (exact) mass is 449 g/mol. The lowest BCUT2D eigenvalue weighted by molar-refractivity contribution is -0.154. The third-order valence-corrected chi connectivity index (χ3v) is 4.46. The quantitative estimate of drug-likeness (QED) is 0.335. The van der Waals surface area contributed by atoms with Crippen LogP contribution in [0.4, 0.5) is 0 Å². The lowest BCUT2D eigenvalue weighted by Crippen LogP contribution is -2.38. The van der Waals surface area contributed by atoms with Gasteiger partial charge in [0.15, 0.2) is 5.58 Å². The van der Waals surface area contributed by atoms with E-state index in [2.05, 4.69) is 4.98 Å². The minimum atomic E-state index is -1.55. The van der Waals surface area contributed by atoms with Gasteiger partial charge in [-0.2, -0.15) is 0 Å². The standard InChI is InChI=1S/C22H17NO4.3C2H6/c1-22(21(24)25,15-9-3-2-4-10-15)27-18-13-7-5-11-16(18)20-23-17-12-6-8-14-19(17)26-20;3*1-2/h2-14H,1H3,(H,24,25);3*1-2H3. The van der Waals surface area contributed by atoms with Gasteiger partial charge in [-0.3, -0.25) is 0 Å². The van der Waals surface area contributed by atoms with Gasteiger partial charge >= 0.3 is 5.97 Å². The number of carboxylic acid groups (broad SMARTS) is 1. The number of carbonyl (C=O) groups is 1. The van der Waals surface area contributed by atoms with Crippen molar-refractivity contribution < 1.29 is 19.1 Å². The Morgan fingerprint density at radius 1 is 0.818 bits per heavy atom. The van der Waals surface area contributed by atoms with Crippen molar-refractivity contribution in [1.29, 1.82) is 0 Å². The normalized spacial score (nSPS) is 11.4. The molecule has 5 heteroatoms. The Labute approximate surface area is 197 Å². The molecule has 4 rings (SSSR count). The molecule has 1 heterocycles. The second kappa shape index (κ2) is 13.7. The first-order valence-corrected chi connectivity index (χ1v) is 11.5. The second-order valence-electron chi connectivity index (χ2n) is 6.29. The number of rotatable bonds is 5. The van der Waals surface area contributed by atoms with Gasteiger partial charge in [-0.05, 0) is 31.2 Å². The molecule has 1 N–H and O–H groups in total. The Morgan fingerprint density at radius 3 is 1.97 bits per heavy atom. The molecular weight excluding hydrogens is 414 g/mol. The van der Waals surface area contributed by atoms with Gasteiger partial charge in [0.1, 0.15) is 11.3 Å². The van der Waals surface area contributed by atoms with E-state index in [-0.39, 0.29) is 0 Å². The van der Waals surface area contributed by atoms with E-state index in [0.717, 1.165) is 5.52 Å². The molecule has 0 saturated carbocycles. The summed E-state index contributed by atoms with van der Waals surface area (Å²) in [5.41, 5.74) is 0.975. The van der Waals surface area contributed by atoms with Crippen LogP contribution in [0.25, 0.3) is 22.6 Å². The number of nitrogens with zero attached hydrogens (tertiary/aromatic N) is 1. The maximum Gasteiger partial charge on any atom is 0.352 e. The molecule has 1 aromatic heterocycles. The van der Waals surface area contributed by atoms with Crippen LogP contribution in [0.5, 0.6) is 5.75 Å². The topological polar surface area (TPSA) is 72.6 Å². The average molecular weight is 450 g/mol. The summed E-state index contributed by atoms with van der Waals surface area (Å²) < 4.78 is 11.9. The second-order valence-corrected chi connectivity index (χ2v) is 6.29. The molecule has 176 valence electrons. The van der Waals surface area contributed by atoms with Crippen molar-refractivity contribution in [3.8, 4) is 17.2 Å². The smallest absolute Gasteiger partial charge is 0.352 e. The Balaban J connectivity index is 0.000000841. The van der Waals surface area contributed by atoms with Gasteiger partial charge in [0.05, 0.1) is 5.56 Å². The first-order chi connectivity index (χ1) is 16.1. The predicted molar refractivity (Wildman–Crippen MR) is 136 cm³/mol. The van der Waals surface area contributed by atoms with Gasteiger partial charge in [0.2, 0.25) is 11.5 Å². The van der Waals surface area contributed by atoms with Crippen LogP contribution < -0.4 is 4.74 Å². The van der Waals surface area contributed by atoms with Gasteiger partial charge in [-0.1, -0.05) is 96.1 Å². The lowest BCUT2D eigenvalue weighted by Gasteiger charge is -2.27.